The van der Waals surface area contributed by atoms with Crippen molar-refractivity contribution in [2.24, 2.45) is 0 Å². The SMILES string of the molecule is CCCCNCc1cccc(C)c1. The van der Waals surface area contributed by atoms with Gasteiger partial charge in [-0.25, -0.2) is 0 Å². The second-order valence-corrected chi connectivity index (χ2v) is 3.52. The van der Waals surface area contributed by atoms with Crippen molar-refractivity contribution in [3.8, 4) is 0 Å². The Hall–Kier alpha value is -0.820. The van der Waals surface area contributed by atoms with Gasteiger partial charge >= 0.3 is 0 Å². The van der Waals surface area contributed by atoms with E-state index in [2.05, 4.69) is 43.4 Å². The van der Waals surface area contributed by atoms with Crippen LogP contribution in [-0.4, -0.2) is 6.54 Å². The summed E-state index contributed by atoms with van der Waals surface area (Å²) in [6.45, 7) is 6.48. The molecule has 0 aliphatic heterocycles. The van der Waals surface area contributed by atoms with Crippen LogP contribution in [0.1, 0.15) is 30.9 Å². The van der Waals surface area contributed by atoms with Crippen molar-refractivity contribution in [1.29, 1.82) is 0 Å². The average molecular weight is 177 g/mol. The topological polar surface area (TPSA) is 12.0 Å². The number of benzene rings is 1. The summed E-state index contributed by atoms with van der Waals surface area (Å²) in [5, 5.41) is 3.43. The lowest BCUT2D eigenvalue weighted by Gasteiger charge is -2.04. The summed E-state index contributed by atoms with van der Waals surface area (Å²) < 4.78 is 0. The van der Waals surface area contributed by atoms with Crippen molar-refractivity contribution in [1.82, 2.24) is 5.32 Å². The third-order valence-electron chi connectivity index (χ3n) is 2.12. The molecule has 0 radical (unpaired) electrons. The highest BCUT2D eigenvalue weighted by Gasteiger charge is 1.91. The Morgan fingerprint density at radius 2 is 2.15 bits per heavy atom. The van der Waals surface area contributed by atoms with E-state index in [9.17, 15) is 0 Å². The molecule has 0 saturated heterocycles. The maximum Gasteiger partial charge on any atom is 0.0205 e. The number of nitrogens with one attached hydrogen (secondary N) is 1. The minimum Gasteiger partial charge on any atom is -0.313 e. The Labute approximate surface area is 81.2 Å². The molecule has 0 aromatic heterocycles. The lowest BCUT2D eigenvalue weighted by molar-refractivity contribution is 0.641. The maximum absolute atomic E-state index is 3.43. The number of unbranched alkanes of at least 4 members (excludes halogenated alkanes) is 1. The molecule has 0 unspecified atom stereocenters. The molecule has 0 aliphatic carbocycles. The Morgan fingerprint density at radius 3 is 2.85 bits per heavy atom. The number of rotatable bonds is 5. The third-order valence-corrected chi connectivity index (χ3v) is 2.12. The van der Waals surface area contributed by atoms with Crippen LogP contribution >= 0.6 is 0 Å². The van der Waals surface area contributed by atoms with Crippen LogP contribution in [0.5, 0.6) is 0 Å². The summed E-state index contributed by atoms with van der Waals surface area (Å²) in [5.41, 5.74) is 2.73. The van der Waals surface area contributed by atoms with Gasteiger partial charge in [-0.15, -0.1) is 0 Å². The fraction of sp³-hybridized carbons (Fsp3) is 0.500. The van der Waals surface area contributed by atoms with Gasteiger partial charge in [0.25, 0.3) is 0 Å². The van der Waals surface area contributed by atoms with E-state index in [-0.39, 0.29) is 0 Å². The van der Waals surface area contributed by atoms with E-state index in [1.165, 1.54) is 24.0 Å². The normalized spacial score (nSPS) is 10.3. The lowest BCUT2D eigenvalue weighted by Crippen LogP contribution is -2.14. The monoisotopic (exact) mass is 177 g/mol. The molecule has 1 heteroatoms. The molecular weight excluding hydrogens is 158 g/mol. The quantitative estimate of drug-likeness (QED) is 0.682. The molecule has 72 valence electrons. The molecule has 13 heavy (non-hydrogen) atoms. The van der Waals surface area contributed by atoms with E-state index in [0.717, 1.165) is 13.1 Å². The van der Waals surface area contributed by atoms with Gasteiger partial charge in [0.15, 0.2) is 0 Å². The highest BCUT2D eigenvalue weighted by atomic mass is 14.8. The number of hydrogen-bond donors (Lipinski definition) is 1. The zero-order valence-corrected chi connectivity index (χ0v) is 8.64. The van der Waals surface area contributed by atoms with Crippen LogP contribution in [0.4, 0.5) is 0 Å². The summed E-state index contributed by atoms with van der Waals surface area (Å²) in [5.74, 6) is 0. The first-order valence-electron chi connectivity index (χ1n) is 5.09. The molecule has 0 bridgehead atoms. The molecule has 1 aromatic carbocycles. The van der Waals surface area contributed by atoms with Crippen LogP contribution in [0.2, 0.25) is 0 Å². The lowest BCUT2D eigenvalue weighted by atomic mass is 10.1. The standard InChI is InChI=1S/C12H19N/c1-3-4-8-13-10-12-7-5-6-11(2)9-12/h5-7,9,13H,3-4,8,10H2,1-2H3. The molecule has 0 fully saturated rings. The zero-order valence-electron chi connectivity index (χ0n) is 8.64. The summed E-state index contributed by atoms with van der Waals surface area (Å²) in [7, 11) is 0. The van der Waals surface area contributed by atoms with Gasteiger partial charge in [0.2, 0.25) is 0 Å². The van der Waals surface area contributed by atoms with Gasteiger partial charge in [-0.05, 0) is 25.5 Å². The van der Waals surface area contributed by atoms with Crippen molar-refractivity contribution in [2.75, 3.05) is 6.54 Å². The molecule has 0 spiro atoms. The second kappa shape index (κ2) is 5.76. The van der Waals surface area contributed by atoms with Crippen LogP contribution < -0.4 is 5.32 Å². The van der Waals surface area contributed by atoms with Crippen LogP contribution in [-0.2, 0) is 6.54 Å². The van der Waals surface area contributed by atoms with Gasteiger partial charge in [0.1, 0.15) is 0 Å². The first-order chi connectivity index (χ1) is 6.33. The minimum atomic E-state index is 1.00. The molecule has 0 atom stereocenters. The van der Waals surface area contributed by atoms with E-state index < -0.39 is 0 Å². The first kappa shape index (κ1) is 10.3. The van der Waals surface area contributed by atoms with Gasteiger partial charge in [0, 0.05) is 6.54 Å². The third kappa shape index (κ3) is 4.09. The minimum absolute atomic E-state index is 1.00. The summed E-state index contributed by atoms with van der Waals surface area (Å²) in [6.07, 6.45) is 2.53. The van der Waals surface area contributed by atoms with Crippen molar-refractivity contribution in [3.05, 3.63) is 35.4 Å². The van der Waals surface area contributed by atoms with Crippen LogP contribution in [0, 0.1) is 6.92 Å². The average Bonchev–Trinajstić information content (AvgIpc) is 2.13. The molecule has 0 saturated carbocycles. The Morgan fingerprint density at radius 1 is 1.31 bits per heavy atom. The fourth-order valence-corrected chi connectivity index (χ4v) is 1.36. The van der Waals surface area contributed by atoms with Gasteiger partial charge in [-0.3, -0.25) is 0 Å². The van der Waals surface area contributed by atoms with Crippen LogP contribution in [0.25, 0.3) is 0 Å². The Balaban J connectivity index is 2.28. The van der Waals surface area contributed by atoms with E-state index >= 15 is 0 Å². The molecular formula is C12H19N. The van der Waals surface area contributed by atoms with Crippen molar-refractivity contribution >= 4 is 0 Å². The first-order valence-corrected chi connectivity index (χ1v) is 5.09. The molecule has 0 aliphatic rings. The van der Waals surface area contributed by atoms with Gasteiger partial charge in [0.05, 0.1) is 0 Å². The predicted molar refractivity (Wildman–Crippen MR) is 57.8 cm³/mol. The van der Waals surface area contributed by atoms with Gasteiger partial charge in [-0.2, -0.15) is 0 Å². The van der Waals surface area contributed by atoms with E-state index in [1.54, 1.807) is 0 Å². The van der Waals surface area contributed by atoms with E-state index in [4.69, 9.17) is 0 Å². The summed E-state index contributed by atoms with van der Waals surface area (Å²) >= 11 is 0. The van der Waals surface area contributed by atoms with Gasteiger partial charge in [-0.1, -0.05) is 43.2 Å². The van der Waals surface area contributed by atoms with Crippen molar-refractivity contribution in [3.63, 3.8) is 0 Å². The van der Waals surface area contributed by atoms with E-state index in [0.29, 0.717) is 0 Å². The Bertz CT molecular complexity index is 243. The Kier molecular flexibility index (Phi) is 4.55. The molecule has 1 rings (SSSR count). The van der Waals surface area contributed by atoms with Crippen molar-refractivity contribution in [2.45, 2.75) is 33.2 Å². The highest BCUT2D eigenvalue weighted by Crippen LogP contribution is 2.03. The second-order valence-electron chi connectivity index (χ2n) is 3.52. The number of aryl methyl sites for hydroxylation is 1. The van der Waals surface area contributed by atoms with Crippen LogP contribution in [0.3, 0.4) is 0 Å². The summed E-state index contributed by atoms with van der Waals surface area (Å²) in [4.78, 5) is 0. The highest BCUT2D eigenvalue weighted by molar-refractivity contribution is 5.21. The molecule has 1 nitrogen and oxygen atoms in total. The zero-order chi connectivity index (χ0) is 9.52. The largest absolute Gasteiger partial charge is 0.313 e. The molecule has 1 N–H and O–H groups in total. The molecule has 1 aromatic rings. The van der Waals surface area contributed by atoms with Crippen LogP contribution in [0.15, 0.2) is 24.3 Å². The van der Waals surface area contributed by atoms with E-state index in [1.807, 2.05) is 0 Å². The molecule has 0 amide bonds. The van der Waals surface area contributed by atoms with Crippen molar-refractivity contribution < 1.29 is 0 Å². The molecule has 0 heterocycles. The maximum atomic E-state index is 3.43. The number of hydrogen-bond acceptors (Lipinski definition) is 1. The predicted octanol–water partition coefficient (Wildman–Crippen LogP) is 2.88. The smallest absolute Gasteiger partial charge is 0.0205 e. The fourth-order valence-electron chi connectivity index (χ4n) is 1.36. The van der Waals surface area contributed by atoms with Gasteiger partial charge < -0.3 is 5.32 Å². The summed E-state index contributed by atoms with van der Waals surface area (Å²) in [6, 6.07) is 8.66.